The number of anilines is 1. The van der Waals surface area contributed by atoms with Gasteiger partial charge in [0.25, 0.3) is 0 Å². The van der Waals surface area contributed by atoms with Crippen LogP contribution in [0.25, 0.3) is 0 Å². The molecule has 3 rings (SSSR count). The Balaban J connectivity index is 1.50. The molecule has 1 saturated heterocycles. The van der Waals surface area contributed by atoms with Crippen molar-refractivity contribution in [1.29, 1.82) is 0 Å². The Hall–Kier alpha value is -2.58. The molecule has 0 unspecified atom stereocenters. The van der Waals surface area contributed by atoms with Crippen molar-refractivity contribution in [2.75, 3.05) is 64.9 Å². The van der Waals surface area contributed by atoms with E-state index in [1.165, 1.54) is 0 Å². The van der Waals surface area contributed by atoms with Crippen molar-refractivity contribution in [3.05, 3.63) is 48.0 Å². The number of ether oxygens (including phenoxy) is 1. The van der Waals surface area contributed by atoms with Gasteiger partial charge in [0.1, 0.15) is 11.6 Å². The third-order valence-corrected chi connectivity index (χ3v) is 4.94. The lowest BCUT2D eigenvalue weighted by Crippen LogP contribution is -2.41. The average Bonchev–Trinajstić information content (AvgIpc) is 3.29. The summed E-state index contributed by atoms with van der Waals surface area (Å²) >= 11 is 0. The standard InChI is InChI=1S/C22H34N6O2/c1-27(2)21-8-3-6-19(26-21)18-25-22(24-11-9-20-7-4-15-30-20)23-10-5-12-28-13-16-29-17-14-28/h3-4,6-8,15H,5,9-14,16-18H2,1-2H3,(H2,23,24,25). The molecule has 1 aliphatic heterocycles. The van der Waals surface area contributed by atoms with Crippen LogP contribution in [-0.4, -0.2) is 75.9 Å². The fourth-order valence-corrected chi connectivity index (χ4v) is 3.23. The van der Waals surface area contributed by atoms with E-state index < -0.39 is 0 Å². The van der Waals surface area contributed by atoms with Crippen LogP contribution in [0.2, 0.25) is 0 Å². The van der Waals surface area contributed by atoms with Crippen LogP contribution in [0.3, 0.4) is 0 Å². The van der Waals surface area contributed by atoms with Crippen molar-refractivity contribution in [2.45, 2.75) is 19.4 Å². The molecule has 2 aromatic rings. The van der Waals surface area contributed by atoms with Gasteiger partial charge < -0.3 is 24.7 Å². The van der Waals surface area contributed by atoms with Crippen LogP contribution in [0.5, 0.6) is 0 Å². The number of hydrogen-bond acceptors (Lipinski definition) is 6. The van der Waals surface area contributed by atoms with E-state index in [1.54, 1.807) is 6.26 Å². The topological polar surface area (TPSA) is 78.2 Å². The van der Waals surface area contributed by atoms with Crippen LogP contribution in [0, 0.1) is 0 Å². The first-order valence-corrected chi connectivity index (χ1v) is 10.7. The molecule has 3 heterocycles. The molecule has 0 aliphatic carbocycles. The number of nitrogens with zero attached hydrogens (tertiary/aromatic N) is 4. The van der Waals surface area contributed by atoms with Crippen molar-refractivity contribution in [2.24, 2.45) is 4.99 Å². The van der Waals surface area contributed by atoms with Gasteiger partial charge in [-0.25, -0.2) is 9.98 Å². The molecule has 0 aromatic carbocycles. The molecule has 1 aliphatic rings. The second-order valence-corrected chi connectivity index (χ2v) is 7.54. The van der Waals surface area contributed by atoms with Gasteiger partial charge in [0.2, 0.25) is 0 Å². The zero-order chi connectivity index (χ0) is 21.0. The van der Waals surface area contributed by atoms with Crippen LogP contribution >= 0.6 is 0 Å². The minimum absolute atomic E-state index is 0.529. The highest BCUT2D eigenvalue weighted by Gasteiger charge is 2.09. The zero-order valence-electron chi connectivity index (χ0n) is 18.1. The van der Waals surface area contributed by atoms with Gasteiger partial charge in [0, 0.05) is 46.7 Å². The number of nitrogens with one attached hydrogen (secondary N) is 2. The molecule has 0 spiro atoms. The second-order valence-electron chi connectivity index (χ2n) is 7.54. The zero-order valence-corrected chi connectivity index (χ0v) is 18.1. The number of hydrogen-bond donors (Lipinski definition) is 2. The van der Waals surface area contributed by atoms with Gasteiger partial charge in [-0.3, -0.25) is 4.90 Å². The van der Waals surface area contributed by atoms with E-state index in [2.05, 4.69) is 20.5 Å². The Labute approximate surface area is 179 Å². The average molecular weight is 415 g/mol. The van der Waals surface area contributed by atoms with Gasteiger partial charge in [-0.2, -0.15) is 0 Å². The van der Waals surface area contributed by atoms with Crippen molar-refractivity contribution in [3.8, 4) is 0 Å². The van der Waals surface area contributed by atoms with Crippen molar-refractivity contribution >= 4 is 11.8 Å². The van der Waals surface area contributed by atoms with Crippen LogP contribution in [0.1, 0.15) is 17.9 Å². The highest BCUT2D eigenvalue weighted by Crippen LogP contribution is 2.08. The van der Waals surface area contributed by atoms with Crippen LogP contribution in [-0.2, 0) is 17.7 Å². The molecule has 0 radical (unpaired) electrons. The maximum atomic E-state index is 5.42. The summed E-state index contributed by atoms with van der Waals surface area (Å²) in [6.07, 6.45) is 3.58. The Morgan fingerprint density at radius 2 is 1.97 bits per heavy atom. The number of furan rings is 1. The first-order chi connectivity index (χ1) is 14.7. The predicted octanol–water partition coefficient (Wildman–Crippen LogP) is 1.74. The number of guanidine groups is 1. The Morgan fingerprint density at radius 1 is 1.13 bits per heavy atom. The van der Waals surface area contributed by atoms with Crippen molar-refractivity contribution < 1.29 is 9.15 Å². The molecule has 2 aromatic heterocycles. The Kier molecular flexibility index (Phi) is 8.99. The number of morpholine rings is 1. The van der Waals surface area contributed by atoms with Crippen molar-refractivity contribution in [1.82, 2.24) is 20.5 Å². The lowest BCUT2D eigenvalue weighted by atomic mass is 10.3. The summed E-state index contributed by atoms with van der Waals surface area (Å²) in [4.78, 5) is 13.8. The summed E-state index contributed by atoms with van der Waals surface area (Å²) in [5.41, 5.74) is 0.946. The Bertz CT molecular complexity index is 757. The van der Waals surface area contributed by atoms with E-state index in [-0.39, 0.29) is 0 Å². The van der Waals surface area contributed by atoms with Gasteiger partial charge in [-0.05, 0) is 37.2 Å². The lowest BCUT2D eigenvalue weighted by Gasteiger charge is -2.26. The molecule has 2 N–H and O–H groups in total. The quantitative estimate of drug-likeness (QED) is 0.348. The molecule has 1 fully saturated rings. The maximum absolute atomic E-state index is 5.42. The molecular formula is C22H34N6O2. The first-order valence-electron chi connectivity index (χ1n) is 10.7. The molecule has 8 nitrogen and oxygen atoms in total. The van der Waals surface area contributed by atoms with E-state index in [0.29, 0.717) is 6.54 Å². The fraction of sp³-hybridized carbons (Fsp3) is 0.545. The number of aromatic nitrogens is 1. The van der Waals surface area contributed by atoms with Gasteiger partial charge in [0.15, 0.2) is 5.96 Å². The Morgan fingerprint density at radius 3 is 2.73 bits per heavy atom. The molecule has 0 atom stereocenters. The fourth-order valence-electron chi connectivity index (χ4n) is 3.23. The summed E-state index contributed by atoms with van der Waals surface area (Å²) in [5, 5.41) is 6.87. The van der Waals surface area contributed by atoms with Gasteiger partial charge in [0.05, 0.1) is 31.7 Å². The highest BCUT2D eigenvalue weighted by atomic mass is 16.5. The molecule has 30 heavy (non-hydrogen) atoms. The largest absolute Gasteiger partial charge is 0.469 e. The van der Waals surface area contributed by atoms with E-state index in [4.69, 9.17) is 14.1 Å². The third kappa shape index (κ3) is 7.68. The summed E-state index contributed by atoms with van der Waals surface area (Å²) < 4.78 is 10.8. The van der Waals surface area contributed by atoms with E-state index in [1.807, 2.05) is 49.3 Å². The lowest BCUT2D eigenvalue weighted by molar-refractivity contribution is 0.0376. The van der Waals surface area contributed by atoms with Gasteiger partial charge in [-0.1, -0.05) is 6.07 Å². The maximum Gasteiger partial charge on any atom is 0.191 e. The molecule has 164 valence electrons. The van der Waals surface area contributed by atoms with E-state index in [0.717, 1.165) is 82.0 Å². The molecule has 0 bridgehead atoms. The molecule has 0 amide bonds. The van der Waals surface area contributed by atoms with Crippen LogP contribution in [0.15, 0.2) is 46.0 Å². The minimum Gasteiger partial charge on any atom is -0.469 e. The van der Waals surface area contributed by atoms with Crippen LogP contribution in [0.4, 0.5) is 5.82 Å². The number of aliphatic imine (C=N–C) groups is 1. The smallest absolute Gasteiger partial charge is 0.191 e. The minimum atomic E-state index is 0.529. The monoisotopic (exact) mass is 414 g/mol. The van der Waals surface area contributed by atoms with Crippen molar-refractivity contribution in [3.63, 3.8) is 0 Å². The highest BCUT2D eigenvalue weighted by molar-refractivity contribution is 5.79. The normalized spacial score (nSPS) is 15.2. The first kappa shape index (κ1) is 22.1. The summed E-state index contributed by atoms with van der Waals surface area (Å²) in [6, 6.07) is 9.94. The predicted molar refractivity (Wildman–Crippen MR) is 120 cm³/mol. The summed E-state index contributed by atoms with van der Waals surface area (Å²) in [7, 11) is 3.99. The number of pyridine rings is 1. The summed E-state index contributed by atoms with van der Waals surface area (Å²) in [5.74, 6) is 2.71. The molecular weight excluding hydrogens is 380 g/mol. The van der Waals surface area contributed by atoms with Gasteiger partial charge >= 0.3 is 0 Å². The molecule has 0 saturated carbocycles. The third-order valence-electron chi connectivity index (χ3n) is 4.94. The van der Waals surface area contributed by atoms with Gasteiger partial charge in [-0.15, -0.1) is 0 Å². The van der Waals surface area contributed by atoms with Crippen LogP contribution < -0.4 is 15.5 Å². The molecule has 8 heteroatoms. The summed E-state index contributed by atoms with van der Waals surface area (Å²) in [6.45, 7) is 6.96. The second kappa shape index (κ2) is 12.2. The van der Waals surface area contributed by atoms with E-state index in [9.17, 15) is 0 Å². The number of rotatable bonds is 10. The van der Waals surface area contributed by atoms with E-state index >= 15 is 0 Å². The SMILES string of the molecule is CN(C)c1cccc(CN=C(NCCCN2CCOCC2)NCCc2ccco2)n1.